The van der Waals surface area contributed by atoms with Crippen molar-refractivity contribution in [2.24, 2.45) is 5.92 Å². The molecule has 2 amide bonds. The van der Waals surface area contributed by atoms with Crippen LogP contribution in [0.1, 0.15) is 24.0 Å². The third kappa shape index (κ3) is 4.67. The van der Waals surface area contributed by atoms with Crippen molar-refractivity contribution in [3.05, 3.63) is 59.7 Å². The van der Waals surface area contributed by atoms with Gasteiger partial charge >= 0.3 is 0 Å². The first-order valence-electron chi connectivity index (χ1n) is 9.33. The van der Waals surface area contributed by atoms with Crippen LogP contribution in [0.25, 0.3) is 0 Å². The number of para-hydroxylation sites is 1. The van der Waals surface area contributed by atoms with Gasteiger partial charge in [0, 0.05) is 51.4 Å². The molecule has 0 unspecified atom stereocenters. The second-order valence-electron chi connectivity index (χ2n) is 7.40. The molecule has 2 aromatic rings. The third-order valence-corrected chi connectivity index (χ3v) is 5.12. The van der Waals surface area contributed by atoms with E-state index in [9.17, 15) is 9.59 Å². The predicted octanol–water partition coefficient (Wildman–Crippen LogP) is 3.30. The molecule has 5 heteroatoms. The standard InChI is InChI=1S/C22H27N3O2/c1-24(2)19-11-8-16(9-12-19)15-25(3)21(26)13-10-18-14-17-6-4-5-7-20(17)23-22(18)27/h4-9,11-12,18H,10,13-15H2,1-3H3,(H,23,27)/t18-/m1/s1. The van der Waals surface area contributed by atoms with Gasteiger partial charge in [-0.25, -0.2) is 0 Å². The lowest BCUT2D eigenvalue weighted by Gasteiger charge is -2.25. The number of hydrogen-bond acceptors (Lipinski definition) is 3. The molecule has 0 spiro atoms. The Morgan fingerprint density at radius 2 is 1.78 bits per heavy atom. The summed E-state index contributed by atoms with van der Waals surface area (Å²) in [4.78, 5) is 28.6. The summed E-state index contributed by atoms with van der Waals surface area (Å²) in [7, 11) is 5.83. The molecule has 0 saturated carbocycles. The number of rotatable bonds is 6. The molecule has 5 nitrogen and oxygen atoms in total. The number of nitrogens with one attached hydrogen (secondary N) is 1. The summed E-state index contributed by atoms with van der Waals surface area (Å²) >= 11 is 0. The smallest absolute Gasteiger partial charge is 0.227 e. The van der Waals surface area contributed by atoms with E-state index >= 15 is 0 Å². The van der Waals surface area contributed by atoms with Gasteiger partial charge in [-0.1, -0.05) is 30.3 Å². The highest BCUT2D eigenvalue weighted by Gasteiger charge is 2.26. The van der Waals surface area contributed by atoms with Crippen LogP contribution in [0.5, 0.6) is 0 Å². The Kier molecular flexibility index (Phi) is 5.79. The Morgan fingerprint density at radius 3 is 2.48 bits per heavy atom. The molecule has 0 fully saturated rings. The molecule has 1 atom stereocenters. The third-order valence-electron chi connectivity index (χ3n) is 5.12. The highest BCUT2D eigenvalue weighted by Crippen LogP contribution is 2.27. The normalized spacial score (nSPS) is 15.7. The first-order valence-corrected chi connectivity index (χ1v) is 9.33. The van der Waals surface area contributed by atoms with Crippen LogP contribution in [0.15, 0.2) is 48.5 Å². The molecule has 27 heavy (non-hydrogen) atoms. The van der Waals surface area contributed by atoms with E-state index in [-0.39, 0.29) is 17.7 Å². The van der Waals surface area contributed by atoms with E-state index in [0.29, 0.717) is 25.8 Å². The Hall–Kier alpha value is -2.82. The minimum Gasteiger partial charge on any atom is -0.378 e. The van der Waals surface area contributed by atoms with E-state index < -0.39 is 0 Å². The van der Waals surface area contributed by atoms with Gasteiger partial charge in [0.05, 0.1) is 0 Å². The number of amides is 2. The van der Waals surface area contributed by atoms with Gasteiger partial charge in [-0.05, 0) is 42.2 Å². The summed E-state index contributed by atoms with van der Waals surface area (Å²) in [6.07, 6.45) is 1.65. The van der Waals surface area contributed by atoms with Crippen molar-refractivity contribution in [1.29, 1.82) is 0 Å². The molecule has 0 saturated heterocycles. The number of benzene rings is 2. The van der Waals surface area contributed by atoms with Gasteiger partial charge in [0.1, 0.15) is 0 Å². The number of hydrogen-bond donors (Lipinski definition) is 1. The average Bonchev–Trinajstić information content (AvgIpc) is 2.66. The van der Waals surface area contributed by atoms with Gasteiger partial charge in [0.15, 0.2) is 0 Å². The van der Waals surface area contributed by atoms with E-state index in [0.717, 1.165) is 22.5 Å². The molecule has 0 bridgehead atoms. The predicted molar refractivity (Wildman–Crippen MR) is 109 cm³/mol. The van der Waals surface area contributed by atoms with E-state index in [1.54, 1.807) is 4.90 Å². The summed E-state index contributed by atoms with van der Waals surface area (Å²) in [5.74, 6) is -0.0570. The molecule has 0 aromatic heterocycles. The molecule has 1 heterocycles. The van der Waals surface area contributed by atoms with Crippen molar-refractivity contribution in [1.82, 2.24) is 4.90 Å². The van der Waals surface area contributed by atoms with Crippen LogP contribution in [-0.4, -0.2) is 37.9 Å². The average molecular weight is 365 g/mol. The summed E-state index contributed by atoms with van der Waals surface area (Å²) in [6, 6.07) is 16.1. The van der Waals surface area contributed by atoms with Crippen LogP contribution in [0.2, 0.25) is 0 Å². The molecule has 142 valence electrons. The van der Waals surface area contributed by atoms with Gasteiger partial charge in [0.2, 0.25) is 11.8 Å². The molecule has 2 aromatic carbocycles. The van der Waals surface area contributed by atoms with E-state index in [1.165, 1.54) is 0 Å². The summed E-state index contributed by atoms with van der Waals surface area (Å²) in [6.45, 7) is 0.576. The number of nitrogens with zero attached hydrogens (tertiary/aromatic N) is 2. The highest BCUT2D eigenvalue weighted by atomic mass is 16.2. The maximum Gasteiger partial charge on any atom is 0.227 e. The van der Waals surface area contributed by atoms with Crippen LogP contribution < -0.4 is 10.2 Å². The van der Waals surface area contributed by atoms with E-state index in [2.05, 4.69) is 17.4 Å². The number of anilines is 2. The second-order valence-corrected chi connectivity index (χ2v) is 7.40. The first-order chi connectivity index (χ1) is 12.9. The van der Waals surface area contributed by atoms with Crippen LogP contribution >= 0.6 is 0 Å². The van der Waals surface area contributed by atoms with Crippen molar-refractivity contribution in [2.45, 2.75) is 25.8 Å². The maximum absolute atomic E-state index is 12.5. The van der Waals surface area contributed by atoms with Gasteiger partial charge in [-0.2, -0.15) is 0 Å². The van der Waals surface area contributed by atoms with Crippen LogP contribution in [0.4, 0.5) is 11.4 Å². The number of fused-ring (bicyclic) bond motifs is 1. The van der Waals surface area contributed by atoms with Crippen molar-refractivity contribution in [3.8, 4) is 0 Å². The fraction of sp³-hybridized carbons (Fsp3) is 0.364. The van der Waals surface area contributed by atoms with Crippen molar-refractivity contribution in [2.75, 3.05) is 31.4 Å². The summed E-state index contributed by atoms with van der Waals surface area (Å²) in [5.41, 5.74) is 4.27. The highest BCUT2D eigenvalue weighted by molar-refractivity contribution is 5.96. The van der Waals surface area contributed by atoms with Crippen LogP contribution in [0, 0.1) is 5.92 Å². The Balaban J connectivity index is 1.52. The lowest BCUT2D eigenvalue weighted by atomic mass is 9.89. The number of carbonyl (C=O) groups is 2. The summed E-state index contributed by atoms with van der Waals surface area (Å²) in [5, 5.41) is 2.95. The molecule has 1 N–H and O–H groups in total. The zero-order chi connectivity index (χ0) is 19.4. The molecular formula is C22H27N3O2. The molecule has 3 rings (SSSR count). The lowest BCUT2D eigenvalue weighted by Crippen LogP contribution is -2.32. The Labute approximate surface area is 161 Å². The molecular weight excluding hydrogens is 338 g/mol. The minimum atomic E-state index is -0.142. The largest absolute Gasteiger partial charge is 0.378 e. The van der Waals surface area contributed by atoms with E-state index in [1.807, 2.05) is 62.4 Å². The van der Waals surface area contributed by atoms with Crippen molar-refractivity contribution >= 4 is 23.2 Å². The van der Waals surface area contributed by atoms with E-state index in [4.69, 9.17) is 0 Å². The zero-order valence-electron chi connectivity index (χ0n) is 16.2. The molecule has 1 aliphatic heterocycles. The molecule has 0 radical (unpaired) electrons. The quantitative estimate of drug-likeness (QED) is 0.855. The molecule has 0 aliphatic carbocycles. The SMILES string of the molecule is CN(Cc1ccc(N(C)C)cc1)C(=O)CC[C@@H]1Cc2ccccc2NC1=O. The van der Waals surface area contributed by atoms with Crippen LogP contribution in [0.3, 0.4) is 0 Å². The van der Waals surface area contributed by atoms with Crippen molar-refractivity contribution < 1.29 is 9.59 Å². The Bertz CT molecular complexity index is 815. The zero-order valence-corrected chi connectivity index (χ0v) is 16.2. The van der Waals surface area contributed by atoms with Gasteiger partial charge < -0.3 is 15.1 Å². The monoisotopic (exact) mass is 365 g/mol. The fourth-order valence-corrected chi connectivity index (χ4v) is 3.40. The van der Waals surface area contributed by atoms with Gasteiger partial charge in [-0.15, -0.1) is 0 Å². The fourth-order valence-electron chi connectivity index (χ4n) is 3.40. The summed E-state index contributed by atoms with van der Waals surface area (Å²) < 4.78 is 0. The van der Waals surface area contributed by atoms with Crippen molar-refractivity contribution in [3.63, 3.8) is 0 Å². The van der Waals surface area contributed by atoms with Gasteiger partial charge in [-0.3, -0.25) is 9.59 Å². The topological polar surface area (TPSA) is 52.6 Å². The van der Waals surface area contributed by atoms with Gasteiger partial charge in [0.25, 0.3) is 0 Å². The lowest BCUT2D eigenvalue weighted by molar-refractivity contribution is -0.131. The Morgan fingerprint density at radius 1 is 1.07 bits per heavy atom. The van der Waals surface area contributed by atoms with Crippen LogP contribution in [-0.2, 0) is 22.6 Å². The second kappa shape index (κ2) is 8.25. The molecule has 1 aliphatic rings. The number of carbonyl (C=O) groups excluding carboxylic acids is 2. The minimum absolute atomic E-state index is 0.0171. The first kappa shape index (κ1) is 19.0. The maximum atomic E-state index is 12.5.